The van der Waals surface area contributed by atoms with Crippen molar-refractivity contribution >= 4 is 40.3 Å². The van der Waals surface area contributed by atoms with Gasteiger partial charge in [-0.3, -0.25) is 0 Å². The zero-order valence-electron chi connectivity index (χ0n) is 20.7. The maximum absolute atomic E-state index is 11.4. The Bertz CT molecular complexity index is 1610. The lowest BCUT2D eigenvalue weighted by Crippen LogP contribution is -2.09. The molecular formula is C26H23N7O5. The summed E-state index contributed by atoms with van der Waals surface area (Å²) in [6, 6.07) is 17.4. The van der Waals surface area contributed by atoms with E-state index in [1.165, 1.54) is 39.8 Å². The smallest absolute Gasteiger partial charge is 0.335 e. The fourth-order valence-electron chi connectivity index (χ4n) is 3.91. The number of carboxylic acids is 1. The molecular weight excluding hydrogens is 490 g/mol. The van der Waals surface area contributed by atoms with Crippen LogP contribution in [0.15, 0.2) is 67.0 Å². The van der Waals surface area contributed by atoms with Gasteiger partial charge in [0.15, 0.2) is 11.5 Å². The number of hydrogen-bond acceptors (Lipinski definition) is 10. The van der Waals surface area contributed by atoms with Crippen LogP contribution in [0, 0.1) is 0 Å². The fourth-order valence-corrected chi connectivity index (χ4v) is 3.91. The van der Waals surface area contributed by atoms with Gasteiger partial charge < -0.3 is 30.0 Å². The largest absolute Gasteiger partial charge is 0.493 e. The van der Waals surface area contributed by atoms with E-state index >= 15 is 0 Å². The number of benzene rings is 3. The van der Waals surface area contributed by atoms with Crippen LogP contribution >= 0.6 is 0 Å². The highest BCUT2D eigenvalue weighted by Crippen LogP contribution is 2.40. The Morgan fingerprint density at radius 1 is 0.842 bits per heavy atom. The number of nitrogens with zero attached hydrogens (tertiary/aromatic N) is 5. The van der Waals surface area contributed by atoms with E-state index in [2.05, 4.69) is 30.6 Å². The van der Waals surface area contributed by atoms with Crippen LogP contribution < -0.4 is 24.8 Å². The van der Waals surface area contributed by atoms with E-state index in [0.29, 0.717) is 46.0 Å². The Morgan fingerprint density at radius 3 is 2.32 bits per heavy atom. The molecule has 2 aromatic heterocycles. The molecule has 0 saturated heterocycles. The van der Waals surface area contributed by atoms with E-state index < -0.39 is 5.97 Å². The Labute approximate surface area is 216 Å². The number of carbonyl (C=O) groups is 1. The lowest BCUT2D eigenvalue weighted by atomic mass is 10.2. The number of carboxylic acid groups (broad SMARTS) is 1. The molecule has 0 fully saturated rings. The first-order valence-corrected chi connectivity index (χ1v) is 11.3. The summed E-state index contributed by atoms with van der Waals surface area (Å²) < 4.78 is 18.0. The van der Waals surface area contributed by atoms with Crippen LogP contribution in [-0.4, -0.2) is 56.9 Å². The first-order valence-electron chi connectivity index (χ1n) is 11.3. The quantitative estimate of drug-likeness (QED) is 0.257. The van der Waals surface area contributed by atoms with Gasteiger partial charge in [0.25, 0.3) is 0 Å². The molecule has 0 saturated carbocycles. The summed E-state index contributed by atoms with van der Waals surface area (Å²) in [7, 11) is 4.60. The molecule has 0 bridgehead atoms. The molecule has 192 valence electrons. The average Bonchev–Trinajstić information content (AvgIpc) is 3.30. The third-order valence-corrected chi connectivity index (χ3v) is 5.61. The van der Waals surface area contributed by atoms with Gasteiger partial charge in [-0.25, -0.2) is 24.3 Å². The number of nitrogens with one attached hydrogen (secondary N) is 2. The molecule has 0 aliphatic rings. The second-order valence-corrected chi connectivity index (χ2v) is 7.92. The third kappa shape index (κ3) is 4.69. The van der Waals surface area contributed by atoms with E-state index in [9.17, 15) is 9.90 Å². The number of aromatic carboxylic acids is 1. The van der Waals surface area contributed by atoms with Crippen LogP contribution in [0.5, 0.6) is 17.2 Å². The monoisotopic (exact) mass is 513 g/mol. The topological polar surface area (TPSA) is 146 Å². The van der Waals surface area contributed by atoms with Crippen molar-refractivity contribution in [1.29, 1.82) is 0 Å². The molecule has 0 aliphatic carbocycles. The van der Waals surface area contributed by atoms with Gasteiger partial charge in [0.2, 0.25) is 23.6 Å². The summed E-state index contributed by atoms with van der Waals surface area (Å²) in [6.45, 7) is 0. The number of rotatable bonds is 9. The Hall–Kier alpha value is -5.39. The van der Waals surface area contributed by atoms with Crippen molar-refractivity contribution < 1.29 is 24.1 Å². The molecule has 0 aliphatic heterocycles. The van der Waals surface area contributed by atoms with Crippen molar-refractivity contribution in [2.75, 3.05) is 32.0 Å². The number of ether oxygens (including phenoxy) is 3. The minimum atomic E-state index is -1.03. The maximum Gasteiger partial charge on any atom is 0.335 e. The molecule has 3 N–H and O–H groups in total. The van der Waals surface area contributed by atoms with Gasteiger partial charge in [0, 0.05) is 23.5 Å². The molecule has 0 atom stereocenters. The lowest BCUT2D eigenvalue weighted by Gasteiger charge is -2.15. The van der Waals surface area contributed by atoms with Gasteiger partial charge in [-0.1, -0.05) is 18.2 Å². The molecule has 3 aromatic carbocycles. The van der Waals surface area contributed by atoms with Crippen LogP contribution in [0.2, 0.25) is 0 Å². The van der Waals surface area contributed by atoms with Crippen LogP contribution in [-0.2, 0) is 0 Å². The number of anilines is 4. The molecule has 12 heteroatoms. The van der Waals surface area contributed by atoms with Gasteiger partial charge >= 0.3 is 5.97 Å². The zero-order valence-corrected chi connectivity index (χ0v) is 20.7. The van der Waals surface area contributed by atoms with E-state index in [1.54, 1.807) is 28.8 Å². The van der Waals surface area contributed by atoms with Gasteiger partial charge in [-0.15, -0.1) is 0 Å². The molecule has 12 nitrogen and oxygen atoms in total. The molecule has 0 unspecified atom stereocenters. The van der Waals surface area contributed by atoms with Crippen molar-refractivity contribution in [2.45, 2.75) is 0 Å². The van der Waals surface area contributed by atoms with E-state index in [1.807, 2.05) is 24.3 Å². The highest BCUT2D eigenvalue weighted by Gasteiger charge is 2.17. The van der Waals surface area contributed by atoms with Crippen LogP contribution in [0.25, 0.3) is 17.0 Å². The molecule has 0 radical (unpaired) electrons. The Morgan fingerprint density at radius 2 is 1.61 bits per heavy atom. The number of aromatic nitrogens is 5. The predicted molar refractivity (Wildman–Crippen MR) is 141 cm³/mol. The molecule has 38 heavy (non-hydrogen) atoms. The summed E-state index contributed by atoms with van der Waals surface area (Å²) in [6.07, 6.45) is 1.38. The standard InChI is InChI=1S/C26H23N7O5/c1-36-20-12-17(13-21(37-2)22(20)38-3)29-24-27-14-28-25(32-24)33-19-10-5-4-9-18(19)31-26(33)30-16-8-6-7-15(11-16)23(34)35/h4-14H,1-3H3,(H,30,31)(H,34,35)(H,27,28,29,32). The second kappa shape index (κ2) is 10.3. The fraction of sp³-hybridized carbons (Fsp3) is 0.115. The van der Waals surface area contributed by atoms with Crippen molar-refractivity contribution in [1.82, 2.24) is 24.5 Å². The number of imidazole rings is 1. The Kier molecular flexibility index (Phi) is 6.59. The van der Waals surface area contributed by atoms with Gasteiger partial charge in [0.05, 0.1) is 37.9 Å². The van der Waals surface area contributed by atoms with Crippen LogP contribution in [0.4, 0.5) is 23.3 Å². The average molecular weight is 514 g/mol. The van der Waals surface area contributed by atoms with Crippen molar-refractivity contribution in [3.8, 4) is 23.2 Å². The molecule has 0 spiro atoms. The first kappa shape index (κ1) is 24.3. The van der Waals surface area contributed by atoms with Crippen LogP contribution in [0.3, 0.4) is 0 Å². The summed E-state index contributed by atoms with van der Waals surface area (Å²) in [5.74, 6) is 1.34. The maximum atomic E-state index is 11.4. The molecule has 2 heterocycles. The number of fused-ring (bicyclic) bond motifs is 1. The number of para-hydroxylation sites is 2. The second-order valence-electron chi connectivity index (χ2n) is 7.92. The van der Waals surface area contributed by atoms with E-state index in [-0.39, 0.29) is 11.5 Å². The van der Waals surface area contributed by atoms with Crippen molar-refractivity contribution in [3.63, 3.8) is 0 Å². The minimum Gasteiger partial charge on any atom is -0.493 e. The number of hydrogen-bond donors (Lipinski definition) is 3. The number of methoxy groups -OCH3 is 3. The van der Waals surface area contributed by atoms with Gasteiger partial charge in [0.1, 0.15) is 6.33 Å². The summed E-state index contributed by atoms with van der Waals surface area (Å²) in [5.41, 5.74) is 2.75. The van der Waals surface area contributed by atoms with E-state index in [0.717, 1.165) is 5.52 Å². The zero-order chi connectivity index (χ0) is 26.6. The summed E-state index contributed by atoms with van der Waals surface area (Å²) in [4.78, 5) is 29.3. The Balaban J connectivity index is 1.54. The SMILES string of the molecule is COc1cc(Nc2ncnc(-n3c(Nc4cccc(C(=O)O)c4)nc4ccccc43)n2)cc(OC)c1OC. The normalized spacial score (nSPS) is 10.7. The predicted octanol–water partition coefficient (Wildman–Crippen LogP) is 4.42. The summed E-state index contributed by atoms with van der Waals surface area (Å²) >= 11 is 0. The van der Waals surface area contributed by atoms with Crippen molar-refractivity contribution in [2.24, 2.45) is 0 Å². The third-order valence-electron chi connectivity index (χ3n) is 5.61. The first-order chi connectivity index (χ1) is 18.5. The highest BCUT2D eigenvalue weighted by molar-refractivity contribution is 5.89. The van der Waals surface area contributed by atoms with Gasteiger partial charge in [-0.2, -0.15) is 4.98 Å². The minimum absolute atomic E-state index is 0.148. The van der Waals surface area contributed by atoms with Crippen molar-refractivity contribution in [3.05, 3.63) is 72.6 Å². The summed E-state index contributed by atoms with van der Waals surface area (Å²) in [5, 5.41) is 15.7. The van der Waals surface area contributed by atoms with Crippen LogP contribution in [0.1, 0.15) is 10.4 Å². The lowest BCUT2D eigenvalue weighted by molar-refractivity contribution is 0.0697. The van der Waals surface area contributed by atoms with E-state index in [4.69, 9.17) is 14.2 Å². The molecule has 5 rings (SSSR count). The highest BCUT2D eigenvalue weighted by atomic mass is 16.5. The van der Waals surface area contributed by atoms with Gasteiger partial charge in [-0.05, 0) is 30.3 Å². The molecule has 5 aromatic rings. The molecule has 0 amide bonds.